The number of fused-ring (bicyclic) bond motifs is 7. The second kappa shape index (κ2) is 18.6. The van der Waals surface area contributed by atoms with Crippen molar-refractivity contribution in [1.29, 1.82) is 0 Å². The summed E-state index contributed by atoms with van der Waals surface area (Å²) < 4.78 is 9.63. The molecule has 394 valence electrons. The molecule has 10 aromatic rings. The molecule has 0 amide bonds. The summed E-state index contributed by atoms with van der Waals surface area (Å²) in [5, 5.41) is 2.38. The van der Waals surface area contributed by atoms with Crippen molar-refractivity contribution in [3.8, 4) is 39.6 Å². The minimum absolute atomic E-state index is 0.111. The van der Waals surface area contributed by atoms with Gasteiger partial charge < -0.3 is 19.3 Å². The summed E-state index contributed by atoms with van der Waals surface area (Å²) in [5.41, 5.74) is 18.1. The second-order valence-electron chi connectivity index (χ2n) is 24.8. The lowest BCUT2D eigenvalue weighted by molar-refractivity contribution is -0.0408. The number of pyridine rings is 1. The summed E-state index contributed by atoms with van der Waals surface area (Å²) in [6.07, 6.45) is 18.2. The van der Waals surface area contributed by atoms with Crippen LogP contribution in [0.4, 0.5) is 28.4 Å². The smallest absolute Gasteiger partial charge is 0.316 e. The highest BCUT2D eigenvalue weighted by atomic mass is 16.5. The molecule has 4 saturated carbocycles. The lowest BCUT2D eigenvalue weighted by atomic mass is 9.33. The number of rotatable bonds is 9. The first-order valence-electron chi connectivity index (χ1n) is 29.4. The number of hydrogen-bond acceptors (Lipinski definition) is 5. The van der Waals surface area contributed by atoms with Gasteiger partial charge in [-0.05, 0) is 162 Å². The zero-order chi connectivity index (χ0) is 54.0. The van der Waals surface area contributed by atoms with Crippen LogP contribution in [0.2, 0.25) is 0 Å². The van der Waals surface area contributed by atoms with Crippen LogP contribution < -0.4 is 19.3 Å². The van der Waals surface area contributed by atoms with E-state index in [1.54, 1.807) is 5.47 Å². The molecule has 0 saturated heterocycles. The Morgan fingerprint density at radius 2 is 1.22 bits per heavy atom. The minimum atomic E-state index is -0.158. The number of allylic oxidation sites excluding steroid dienone is 3. The van der Waals surface area contributed by atoms with Gasteiger partial charge in [-0.2, -0.15) is 0 Å². The molecule has 3 aliphatic heterocycles. The van der Waals surface area contributed by atoms with Gasteiger partial charge in [0.1, 0.15) is 24.0 Å². The van der Waals surface area contributed by atoms with Gasteiger partial charge >= 0.3 is 6.85 Å². The molecule has 6 nitrogen and oxygen atoms in total. The Labute approximate surface area is 476 Å². The summed E-state index contributed by atoms with van der Waals surface area (Å²) >= 11 is 0. The average Bonchev–Trinajstić information content (AvgIpc) is 3.82. The SMILES string of the molecule is CC(C)(C)c1cc(Oc2ccc3c4ccccc4n(-c4cc(C5(C6=CC=CN7B6C=Cc6ccccc67)C6CC7CC(C6)CC5C7)ccn4)c3c2)cc(N2CN(c3c(-c4ccccc4)cccc3-c3ccccc3)c3ccccc32)c1. The summed E-state index contributed by atoms with van der Waals surface area (Å²) in [6.45, 7) is 7.67. The van der Waals surface area contributed by atoms with Gasteiger partial charge in [-0.3, -0.25) is 4.57 Å². The Morgan fingerprint density at radius 3 is 1.95 bits per heavy atom. The molecule has 81 heavy (non-hydrogen) atoms. The predicted octanol–water partition coefficient (Wildman–Crippen LogP) is 18.6. The third-order valence-electron chi connectivity index (χ3n) is 19.3. The molecule has 4 fully saturated rings. The molecule has 7 aliphatic rings. The van der Waals surface area contributed by atoms with E-state index in [1.165, 1.54) is 93.2 Å². The van der Waals surface area contributed by atoms with Crippen molar-refractivity contribution in [3.63, 3.8) is 0 Å². The van der Waals surface area contributed by atoms with E-state index >= 15 is 0 Å². The average molecular weight is 1050 g/mol. The van der Waals surface area contributed by atoms with Crippen LogP contribution in [0.5, 0.6) is 11.5 Å². The third-order valence-corrected chi connectivity index (χ3v) is 19.3. The molecule has 0 unspecified atom stereocenters. The largest absolute Gasteiger partial charge is 0.457 e. The number of hydrogen-bond donors (Lipinski definition) is 0. The Morgan fingerprint density at radius 1 is 0.568 bits per heavy atom. The number of benzene rings is 8. The normalized spacial score (nSPS) is 21.4. The number of ether oxygens (including phenoxy) is 1. The highest BCUT2D eigenvalue weighted by molar-refractivity contribution is 6.77. The van der Waals surface area contributed by atoms with Crippen LogP contribution in [-0.4, -0.2) is 23.1 Å². The van der Waals surface area contributed by atoms with E-state index in [0.717, 1.165) is 57.2 Å². The summed E-state index contributed by atoms with van der Waals surface area (Å²) in [7, 11) is 0. The van der Waals surface area contributed by atoms with Crippen molar-refractivity contribution in [3.05, 3.63) is 253 Å². The van der Waals surface area contributed by atoms with Crippen molar-refractivity contribution in [1.82, 2.24) is 9.55 Å². The maximum Gasteiger partial charge on any atom is 0.316 e. The maximum atomic E-state index is 7.22. The Bertz CT molecular complexity index is 4140. The van der Waals surface area contributed by atoms with Crippen LogP contribution in [0.15, 0.2) is 236 Å². The van der Waals surface area contributed by atoms with E-state index in [9.17, 15) is 0 Å². The van der Waals surface area contributed by atoms with Crippen molar-refractivity contribution in [2.75, 3.05) is 21.3 Å². The van der Waals surface area contributed by atoms with Crippen molar-refractivity contribution < 1.29 is 4.74 Å². The molecule has 4 aliphatic carbocycles. The monoisotopic (exact) mass is 1050 g/mol. The van der Waals surface area contributed by atoms with Crippen LogP contribution >= 0.6 is 0 Å². The third kappa shape index (κ3) is 7.72. The van der Waals surface area contributed by atoms with E-state index in [2.05, 4.69) is 277 Å². The predicted molar refractivity (Wildman–Crippen MR) is 336 cm³/mol. The molecule has 0 radical (unpaired) electrons. The van der Waals surface area contributed by atoms with E-state index in [-0.39, 0.29) is 17.7 Å². The molecule has 8 aromatic carbocycles. The van der Waals surface area contributed by atoms with Crippen LogP contribution in [-0.2, 0) is 10.8 Å². The standard InChI is InChI=1S/C74H64BN5O/c1-73(2,3)55-43-58(77-48-78(68-29-15-14-28-67(68)77)72-61(51-18-6-4-7-19-51)24-16-25-62(72)52-20-8-5-9-21-52)46-60(44-55)81-59-31-32-64-63-23-11-13-27-66(63)80(69(64)47-59)71-45-54(34-36-76-71)74(56-39-49-38-50(41-56)42-57(74)40-49)70-30-17-37-79-65-26-12-10-22-53(65)33-35-75(70)79/h4-37,43-47,49-50,56-57H,38-42,48H2,1-3H3. The van der Waals surface area contributed by atoms with E-state index in [0.29, 0.717) is 18.5 Å². The number of anilines is 5. The van der Waals surface area contributed by atoms with Gasteiger partial charge in [0, 0.05) is 57.0 Å². The van der Waals surface area contributed by atoms with Gasteiger partial charge in [-0.15, -0.1) is 0 Å². The lowest BCUT2D eigenvalue weighted by Gasteiger charge is -2.63. The summed E-state index contributed by atoms with van der Waals surface area (Å²) in [6, 6.07) is 73.3. The van der Waals surface area contributed by atoms with Gasteiger partial charge in [0.25, 0.3) is 0 Å². The Kier molecular flexibility index (Phi) is 11.1. The highest BCUT2D eigenvalue weighted by Gasteiger charge is 2.61. The van der Waals surface area contributed by atoms with Gasteiger partial charge in [-0.25, -0.2) is 4.98 Å². The van der Waals surface area contributed by atoms with E-state index in [4.69, 9.17) is 9.72 Å². The topological polar surface area (TPSA) is 36.8 Å². The van der Waals surface area contributed by atoms with E-state index in [1.807, 2.05) is 0 Å². The Balaban J connectivity index is 0.797. The summed E-state index contributed by atoms with van der Waals surface area (Å²) in [4.78, 5) is 12.9. The molecule has 0 N–H and O–H groups in total. The minimum Gasteiger partial charge on any atom is -0.457 e. The van der Waals surface area contributed by atoms with Crippen LogP contribution in [0.25, 0.3) is 56.0 Å². The molecule has 5 heterocycles. The molecule has 4 bridgehead atoms. The number of aromatic nitrogens is 2. The van der Waals surface area contributed by atoms with Gasteiger partial charge in [0.05, 0.1) is 28.1 Å². The zero-order valence-corrected chi connectivity index (χ0v) is 46.3. The molecule has 0 spiro atoms. The fourth-order valence-electron chi connectivity index (χ4n) is 16.1. The van der Waals surface area contributed by atoms with Crippen molar-refractivity contribution in [2.45, 2.75) is 63.7 Å². The lowest BCUT2D eigenvalue weighted by Crippen LogP contribution is -2.60. The second-order valence-corrected chi connectivity index (χ2v) is 24.8. The van der Waals surface area contributed by atoms with Crippen molar-refractivity contribution in [2.24, 2.45) is 23.7 Å². The zero-order valence-electron chi connectivity index (χ0n) is 46.3. The first-order chi connectivity index (χ1) is 39.7. The molecular formula is C74H64BN5O. The molecule has 2 aromatic heterocycles. The first-order valence-corrected chi connectivity index (χ1v) is 29.4. The van der Waals surface area contributed by atoms with Crippen LogP contribution in [0.1, 0.15) is 69.6 Å². The highest BCUT2D eigenvalue weighted by Crippen LogP contribution is 2.66. The van der Waals surface area contributed by atoms with Crippen molar-refractivity contribution >= 4 is 63.2 Å². The fourth-order valence-corrected chi connectivity index (χ4v) is 16.1. The van der Waals surface area contributed by atoms with Gasteiger partial charge in [0.2, 0.25) is 0 Å². The van der Waals surface area contributed by atoms with Crippen LogP contribution in [0.3, 0.4) is 0 Å². The first kappa shape index (κ1) is 48.1. The molecule has 17 rings (SSSR count). The fraction of sp³-hybridized carbons (Fsp3) is 0.203. The Hall–Kier alpha value is -8.81. The number of nitrogens with zero attached hydrogens (tertiary/aromatic N) is 5. The van der Waals surface area contributed by atoms with Crippen LogP contribution in [0, 0.1) is 23.7 Å². The molecule has 0 atom stereocenters. The summed E-state index contributed by atoms with van der Waals surface area (Å²) in [5.74, 6) is 7.83. The number of para-hydroxylation sites is 5. The van der Waals surface area contributed by atoms with Gasteiger partial charge in [0.15, 0.2) is 0 Å². The quantitative estimate of drug-likeness (QED) is 0.135. The van der Waals surface area contributed by atoms with E-state index < -0.39 is 0 Å². The van der Waals surface area contributed by atoms with Gasteiger partial charge in [-0.1, -0.05) is 172 Å². The molecular weight excluding hydrogens is 986 g/mol. The maximum absolute atomic E-state index is 7.22. The molecule has 7 heteroatoms.